The Hall–Kier alpha value is -5.19. The van der Waals surface area contributed by atoms with Gasteiger partial charge in [-0.25, -0.2) is 18.9 Å². The minimum atomic E-state index is -4.94. The molecule has 2 heterocycles. The minimum Gasteiger partial charge on any atom is -0.497 e. The van der Waals surface area contributed by atoms with E-state index in [2.05, 4.69) is 16.1 Å². The van der Waals surface area contributed by atoms with Gasteiger partial charge in [0.15, 0.2) is 11.5 Å². The van der Waals surface area contributed by atoms with Crippen LogP contribution >= 0.6 is 0 Å². The fourth-order valence-corrected chi connectivity index (χ4v) is 4.94. The van der Waals surface area contributed by atoms with Gasteiger partial charge in [0.05, 0.1) is 25.6 Å². The molecule has 45 heavy (non-hydrogen) atoms. The van der Waals surface area contributed by atoms with Gasteiger partial charge in [0, 0.05) is 5.56 Å². The number of hydrogen-bond acceptors (Lipinski definition) is 6. The topological polar surface area (TPSA) is 75.5 Å². The molecule has 0 aliphatic carbocycles. The van der Waals surface area contributed by atoms with Crippen molar-refractivity contribution in [1.29, 1.82) is 0 Å². The van der Waals surface area contributed by atoms with Crippen LogP contribution in [0.5, 0.6) is 11.5 Å². The zero-order chi connectivity index (χ0) is 32.3. The lowest BCUT2D eigenvalue weighted by Crippen LogP contribution is -2.19. The van der Waals surface area contributed by atoms with Gasteiger partial charge in [0.2, 0.25) is 0 Å². The van der Waals surface area contributed by atoms with Crippen LogP contribution in [0.25, 0.3) is 28.2 Å². The number of rotatable bonds is 9. The minimum absolute atomic E-state index is 0.108. The van der Waals surface area contributed by atoms with Crippen molar-refractivity contribution in [2.45, 2.75) is 33.6 Å². The van der Waals surface area contributed by atoms with Crippen molar-refractivity contribution < 1.29 is 36.6 Å². The van der Waals surface area contributed by atoms with Gasteiger partial charge < -0.3 is 14.2 Å². The average Bonchev–Trinajstić information content (AvgIpc) is 3.48. The van der Waals surface area contributed by atoms with Crippen LogP contribution in [-0.4, -0.2) is 34.5 Å². The molecule has 0 N–H and O–H groups in total. The number of halogens is 4. The Labute approximate surface area is 257 Å². The zero-order valence-corrected chi connectivity index (χ0v) is 24.9. The molecule has 3 aromatic carbocycles. The maximum atomic E-state index is 14.4. The van der Waals surface area contributed by atoms with E-state index in [9.17, 15) is 22.4 Å². The molecule has 7 nitrogen and oxygen atoms in total. The Balaban J connectivity index is 1.44. The van der Waals surface area contributed by atoms with Gasteiger partial charge in [0.1, 0.15) is 29.5 Å². The summed E-state index contributed by atoms with van der Waals surface area (Å²) >= 11 is 0. The van der Waals surface area contributed by atoms with E-state index in [-0.39, 0.29) is 36.0 Å². The van der Waals surface area contributed by atoms with Crippen LogP contribution in [0.2, 0.25) is 0 Å². The second-order valence-corrected chi connectivity index (χ2v) is 10.2. The fraction of sp³-hybridized carbons (Fsp3) is 0.206. The number of hydrogen-bond donors (Lipinski definition) is 0. The van der Waals surface area contributed by atoms with Crippen LogP contribution in [0.4, 0.5) is 17.6 Å². The summed E-state index contributed by atoms with van der Waals surface area (Å²) in [5.74, 6) is -0.917. The van der Waals surface area contributed by atoms with Crippen LogP contribution < -0.4 is 9.47 Å². The van der Waals surface area contributed by atoms with Crippen molar-refractivity contribution in [2.75, 3.05) is 13.7 Å². The van der Waals surface area contributed by atoms with E-state index in [0.717, 1.165) is 39.8 Å². The standard InChI is InChI=1S/C34H29F4N3O4/c1-5-44-33(42)28-18-39-41(32(28)34(36,37)38)31-8-6-7-29(40-31)27-17-24(35)11-14-30(27)45-19-23-10-9-22(15-20(23)2)26-13-12-25(43-4)16-21(26)3/h6-18H,5,19H2,1-4H3. The predicted octanol–water partition coefficient (Wildman–Crippen LogP) is 8.14. The van der Waals surface area contributed by atoms with E-state index in [1.165, 1.54) is 43.3 Å². The summed E-state index contributed by atoms with van der Waals surface area (Å²) in [6, 6.07) is 20.0. The Kier molecular flexibility index (Phi) is 8.89. The maximum Gasteiger partial charge on any atom is 0.434 e. The Morgan fingerprint density at radius 1 is 0.933 bits per heavy atom. The molecule has 5 aromatic rings. The molecule has 0 aliphatic heterocycles. The van der Waals surface area contributed by atoms with Gasteiger partial charge in [-0.3, -0.25) is 0 Å². The molecule has 0 amide bonds. The van der Waals surface area contributed by atoms with Crippen LogP contribution in [0.15, 0.2) is 79.0 Å². The van der Waals surface area contributed by atoms with Crippen molar-refractivity contribution in [3.8, 4) is 39.7 Å². The zero-order valence-electron chi connectivity index (χ0n) is 24.9. The molecule has 0 spiro atoms. The first kappa shape index (κ1) is 31.2. The van der Waals surface area contributed by atoms with Gasteiger partial charge in [-0.2, -0.15) is 18.3 Å². The van der Waals surface area contributed by atoms with Gasteiger partial charge in [-0.1, -0.05) is 30.3 Å². The van der Waals surface area contributed by atoms with Crippen molar-refractivity contribution in [1.82, 2.24) is 14.8 Å². The summed E-state index contributed by atoms with van der Waals surface area (Å²) in [6.07, 6.45) is -4.15. The van der Waals surface area contributed by atoms with E-state index in [1.807, 2.05) is 44.2 Å². The fourth-order valence-electron chi connectivity index (χ4n) is 4.94. The summed E-state index contributed by atoms with van der Waals surface area (Å²) in [5, 5.41) is 3.78. The van der Waals surface area contributed by atoms with E-state index in [4.69, 9.17) is 14.2 Å². The first-order chi connectivity index (χ1) is 21.5. The molecule has 0 saturated heterocycles. The second kappa shape index (κ2) is 12.8. The van der Waals surface area contributed by atoms with Gasteiger partial charge in [0.25, 0.3) is 0 Å². The third kappa shape index (κ3) is 6.67. The smallest absolute Gasteiger partial charge is 0.434 e. The molecule has 2 aromatic heterocycles. The lowest BCUT2D eigenvalue weighted by Gasteiger charge is -2.15. The molecular weight excluding hydrogens is 590 g/mol. The molecular formula is C34H29F4N3O4. The number of aromatic nitrogens is 3. The second-order valence-electron chi connectivity index (χ2n) is 10.2. The number of aryl methyl sites for hydroxylation is 2. The highest BCUT2D eigenvalue weighted by molar-refractivity contribution is 5.90. The Morgan fingerprint density at radius 2 is 1.73 bits per heavy atom. The lowest BCUT2D eigenvalue weighted by atomic mass is 9.97. The highest BCUT2D eigenvalue weighted by atomic mass is 19.4. The Bertz CT molecular complexity index is 1870. The van der Waals surface area contributed by atoms with Crippen molar-refractivity contribution >= 4 is 5.97 Å². The number of carbonyl (C=O) groups is 1. The quantitative estimate of drug-likeness (QED) is 0.123. The van der Waals surface area contributed by atoms with Gasteiger partial charge >= 0.3 is 12.1 Å². The van der Waals surface area contributed by atoms with Gasteiger partial charge in [-0.15, -0.1) is 0 Å². The summed E-state index contributed by atoms with van der Waals surface area (Å²) in [4.78, 5) is 16.5. The highest BCUT2D eigenvalue weighted by Crippen LogP contribution is 2.36. The molecule has 0 radical (unpaired) electrons. The summed E-state index contributed by atoms with van der Waals surface area (Å²) in [5.41, 5.74) is 3.33. The summed E-state index contributed by atoms with van der Waals surface area (Å²) in [6.45, 7) is 5.50. The molecule has 11 heteroatoms. The molecule has 5 rings (SSSR count). The van der Waals surface area contributed by atoms with Crippen LogP contribution in [0.1, 0.15) is 39.7 Å². The molecule has 0 aliphatic rings. The number of methoxy groups -OCH3 is 1. The molecule has 0 atom stereocenters. The van der Waals surface area contributed by atoms with Crippen molar-refractivity contribution in [2.24, 2.45) is 0 Å². The predicted molar refractivity (Wildman–Crippen MR) is 160 cm³/mol. The molecule has 0 bridgehead atoms. The molecule has 0 fully saturated rings. The summed E-state index contributed by atoms with van der Waals surface area (Å²) in [7, 11) is 1.62. The van der Waals surface area contributed by atoms with Crippen molar-refractivity contribution in [3.05, 3.63) is 113 Å². The monoisotopic (exact) mass is 619 g/mol. The third-order valence-corrected chi connectivity index (χ3v) is 7.17. The molecule has 0 unspecified atom stereocenters. The van der Waals surface area contributed by atoms with Crippen molar-refractivity contribution in [3.63, 3.8) is 0 Å². The third-order valence-electron chi connectivity index (χ3n) is 7.17. The number of nitrogens with zero attached hydrogens (tertiary/aromatic N) is 3. The first-order valence-corrected chi connectivity index (χ1v) is 14.0. The Morgan fingerprint density at radius 3 is 2.42 bits per heavy atom. The number of alkyl halides is 3. The number of pyridine rings is 1. The van der Waals surface area contributed by atoms with E-state index < -0.39 is 29.2 Å². The highest BCUT2D eigenvalue weighted by Gasteiger charge is 2.41. The normalized spacial score (nSPS) is 11.4. The van der Waals surface area contributed by atoms with E-state index in [0.29, 0.717) is 4.68 Å². The number of esters is 1. The average molecular weight is 620 g/mol. The first-order valence-electron chi connectivity index (χ1n) is 14.0. The summed E-state index contributed by atoms with van der Waals surface area (Å²) < 4.78 is 73.3. The van der Waals surface area contributed by atoms with E-state index in [1.54, 1.807) is 7.11 Å². The number of carbonyl (C=O) groups excluding carboxylic acids is 1. The van der Waals surface area contributed by atoms with Gasteiger partial charge in [-0.05, 0) is 91.1 Å². The van der Waals surface area contributed by atoms with Crippen LogP contribution in [0, 0.1) is 19.7 Å². The van der Waals surface area contributed by atoms with Crippen LogP contribution in [-0.2, 0) is 17.5 Å². The maximum absolute atomic E-state index is 14.4. The molecule has 232 valence electrons. The number of ether oxygens (including phenoxy) is 3. The van der Waals surface area contributed by atoms with Crippen LogP contribution in [0.3, 0.4) is 0 Å². The molecule has 0 saturated carbocycles. The van der Waals surface area contributed by atoms with E-state index >= 15 is 0 Å². The number of benzene rings is 3. The SMILES string of the molecule is CCOC(=O)c1cnn(-c2cccc(-c3cc(F)ccc3OCc3ccc(-c4ccc(OC)cc4C)cc3C)n2)c1C(F)(F)F. The lowest BCUT2D eigenvalue weighted by molar-refractivity contribution is -0.143. The largest absolute Gasteiger partial charge is 0.497 e.